The Bertz CT molecular complexity index is 882. The molecule has 0 aliphatic heterocycles. The van der Waals surface area contributed by atoms with Crippen LogP contribution in [0.2, 0.25) is 0 Å². The number of benzene rings is 1. The van der Waals surface area contributed by atoms with E-state index >= 15 is 0 Å². The summed E-state index contributed by atoms with van der Waals surface area (Å²) in [6, 6.07) is 4.57. The van der Waals surface area contributed by atoms with Crippen LogP contribution in [-0.4, -0.2) is 25.2 Å². The zero-order valence-corrected chi connectivity index (χ0v) is 12.9. The van der Waals surface area contributed by atoms with Crippen molar-refractivity contribution in [2.45, 2.75) is 26.0 Å². The zero-order chi connectivity index (χ0) is 16.8. The van der Waals surface area contributed by atoms with Crippen molar-refractivity contribution in [2.75, 3.05) is 11.5 Å². The highest BCUT2D eigenvalue weighted by Crippen LogP contribution is 2.34. The maximum atomic E-state index is 13.8. The van der Waals surface area contributed by atoms with E-state index in [1.807, 2.05) is 0 Å². The highest BCUT2D eigenvalue weighted by atomic mass is 19.1. The van der Waals surface area contributed by atoms with Gasteiger partial charge in [-0.2, -0.15) is 0 Å². The van der Waals surface area contributed by atoms with E-state index in [2.05, 4.69) is 9.97 Å². The lowest BCUT2D eigenvalue weighted by Crippen LogP contribution is -2.25. The normalized spacial score (nSPS) is 12.0. The molecule has 0 bridgehead atoms. The SMILES string of the molecule is CC(C)(O)Cn1cc(-c2ccc(N)c(F)c2)c2c(N)ncnc21. The molecule has 7 heteroatoms. The van der Waals surface area contributed by atoms with Crippen LogP contribution in [0.4, 0.5) is 15.9 Å². The van der Waals surface area contributed by atoms with Crippen LogP contribution in [-0.2, 0) is 6.54 Å². The summed E-state index contributed by atoms with van der Waals surface area (Å²) in [6.07, 6.45) is 3.16. The van der Waals surface area contributed by atoms with Gasteiger partial charge in [-0.3, -0.25) is 0 Å². The smallest absolute Gasteiger partial charge is 0.146 e. The van der Waals surface area contributed by atoms with Gasteiger partial charge in [-0.05, 0) is 31.5 Å². The number of nitrogen functional groups attached to an aromatic ring is 2. The monoisotopic (exact) mass is 315 g/mol. The first-order valence-electron chi connectivity index (χ1n) is 7.13. The van der Waals surface area contributed by atoms with Gasteiger partial charge in [0.2, 0.25) is 0 Å². The molecule has 0 aliphatic carbocycles. The van der Waals surface area contributed by atoms with E-state index in [4.69, 9.17) is 11.5 Å². The van der Waals surface area contributed by atoms with Crippen LogP contribution in [0.5, 0.6) is 0 Å². The van der Waals surface area contributed by atoms with Gasteiger partial charge in [0.25, 0.3) is 0 Å². The fourth-order valence-electron chi connectivity index (χ4n) is 2.60. The molecule has 0 saturated heterocycles. The van der Waals surface area contributed by atoms with E-state index < -0.39 is 11.4 Å². The second-order valence-corrected chi connectivity index (χ2v) is 6.18. The van der Waals surface area contributed by atoms with E-state index in [9.17, 15) is 9.50 Å². The molecule has 0 fully saturated rings. The van der Waals surface area contributed by atoms with Crippen molar-refractivity contribution in [3.8, 4) is 11.1 Å². The number of nitrogens with zero attached hydrogens (tertiary/aromatic N) is 3. The number of anilines is 2. The van der Waals surface area contributed by atoms with Crippen LogP contribution < -0.4 is 11.5 Å². The summed E-state index contributed by atoms with van der Waals surface area (Å²) < 4.78 is 15.6. The first-order chi connectivity index (χ1) is 10.8. The summed E-state index contributed by atoms with van der Waals surface area (Å²) in [5.74, 6) is -0.196. The van der Waals surface area contributed by atoms with Crippen molar-refractivity contribution in [2.24, 2.45) is 0 Å². The van der Waals surface area contributed by atoms with Crippen molar-refractivity contribution in [3.05, 3.63) is 36.5 Å². The molecular formula is C16H18FN5O. The Balaban J connectivity index is 2.26. The highest BCUT2D eigenvalue weighted by Gasteiger charge is 2.20. The van der Waals surface area contributed by atoms with Gasteiger partial charge in [0.15, 0.2) is 0 Å². The molecule has 0 radical (unpaired) electrons. The molecule has 120 valence electrons. The van der Waals surface area contributed by atoms with Crippen LogP contribution in [0.15, 0.2) is 30.7 Å². The number of halogens is 1. The predicted octanol–water partition coefficient (Wildman–Crippen LogP) is 2.17. The molecule has 23 heavy (non-hydrogen) atoms. The summed E-state index contributed by atoms with van der Waals surface area (Å²) >= 11 is 0. The van der Waals surface area contributed by atoms with Crippen molar-refractivity contribution in [1.29, 1.82) is 0 Å². The van der Waals surface area contributed by atoms with E-state index in [-0.39, 0.29) is 5.69 Å². The number of rotatable bonds is 3. The molecule has 0 saturated carbocycles. The Morgan fingerprint density at radius 3 is 2.65 bits per heavy atom. The first-order valence-corrected chi connectivity index (χ1v) is 7.13. The van der Waals surface area contributed by atoms with Gasteiger partial charge in [-0.15, -0.1) is 0 Å². The number of hydrogen-bond donors (Lipinski definition) is 3. The standard InChI is InChI=1S/C16H18FN5O/c1-16(2,23)7-22-6-10(9-3-4-12(18)11(17)5-9)13-14(19)20-8-21-15(13)22/h3-6,8,23H,7,18H2,1-2H3,(H2,19,20,21). The molecule has 6 nitrogen and oxygen atoms in total. The minimum absolute atomic E-state index is 0.0817. The summed E-state index contributed by atoms with van der Waals surface area (Å²) in [5.41, 5.74) is 12.6. The summed E-state index contributed by atoms with van der Waals surface area (Å²) in [4.78, 5) is 8.27. The summed E-state index contributed by atoms with van der Waals surface area (Å²) in [7, 11) is 0. The largest absolute Gasteiger partial charge is 0.396 e. The number of hydrogen-bond acceptors (Lipinski definition) is 5. The molecule has 0 amide bonds. The van der Waals surface area contributed by atoms with Gasteiger partial charge < -0.3 is 21.1 Å². The lowest BCUT2D eigenvalue weighted by molar-refractivity contribution is 0.0627. The Morgan fingerprint density at radius 2 is 2.00 bits per heavy atom. The number of nitrogens with two attached hydrogens (primary N) is 2. The van der Waals surface area contributed by atoms with Crippen molar-refractivity contribution in [3.63, 3.8) is 0 Å². The molecule has 5 N–H and O–H groups in total. The summed E-state index contributed by atoms with van der Waals surface area (Å²) in [6.45, 7) is 3.72. The van der Waals surface area contributed by atoms with E-state index in [0.717, 1.165) is 0 Å². The molecule has 0 spiro atoms. The average Bonchev–Trinajstić information content (AvgIpc) is 2.80. The molecular weight excluding hydrogens is 297 g/mol. The molecule has 2 aromatic heterocycles. The van der Waals surface area contributed by atoms with Crippen LogP contribution in [0.3, 0.4) is 0 Å². The lowest BCUT2D eigenvalue weighted by Gasteiger charge is -2.18. The van der Waals surface area contributed by atoms with Crippen molar-refractivity contribution in [1.82, 2.24) is 14.5 Å². The van der Waals surface area contributed by atoms with E-state index in [0.29, 0.717) is 34.5 Å². The van der Waals surface area contributed by atoms with Crippen LogP contribution >= 0.6 is 0 Å². The molecule has 3 rings (SSSR count). The van der Waals surface area contributed by atoms with Gasteiger partial charge >= 0.3 is 0 Å². The molecule has 1 aromatic carbocycles. The second kappa shape index (κ2) is 5.20. The van der Waals surface area contributed by atoms with Gasteiger partial charge in [0.1, 0.15) is 23.6 Å². The molecule has 0 aliphatic rings. The fourth-order valence-corrected chi connectivity index (χ4v) is 2.60. The minimum atomic E-state index is -0.935. The molecule has 3 aromatic rings. The quantitative estimate of drug-likeness (QED) is 0.643. The van der Waals surface area contributed by atoms with Gasteiger partial charge in [-0.25, -0.2) is 14.4 Å². The predicted molar refractivity (Wildman–Crippen MR) is 88.0 cm³/mol. The van der Waals surface area contributed by atoms with Crippen LogP contribution in [0.25, 0.3) is 22.2 Å². The topological polar surface area (TPSA) is 103 Å². The minimum Gasteiger partial charge on any atom is -0.396 e. The highest BCUT2D eigenvalue weighted by molar-refractivity contribution is 6.00. The van der Waals surface area contributed by atoms with Crippen molar-refractivity contribution >= 4 is 22.5 Å². The second-order valence-electron chi connectivity index (χ2n) is 6.18. The summed E-state index contributed by atoms with van der Waals surface area (Å²) in [5, 5.41) is 10.7. The third kappa shape index (κ3) is 2.83. The Hall–Kier alpha value is -2.67. The Labute approximate surface area is 132 Å². The average molecular weight is 315 g/mol. The third-order valence-corrected chi connectivity index (χ3v) is 3.55. The van der Waals surface area contributed by atoms with E-state index in [1.165, 1.54) is 18.5 Å². The van der Waals surface area contributed by atoms with Gasteiger partial charge in [-0.1, -0.05) is 6.07 Å². The number of aliphatic hydroxyl groups is 1. The number of fused-ring (bicyclic) bond motifs is 1. The number of aromatic nitrogens is 3. The maximum absolute atomic E-state index is 13.8. The fraction of sp³-hybridized carbons (Fsp3) is 0.250. The molecule has 0 atom stereocenters. The third-order valence-electron chi connectivity index (χ3n) is 3.55. The Morgan fingerprint density at radius 1 is 1.26 bits per heavy atom. The molecule has 0 unspecified atom stereocenters. The zero-order valence-electron chi connectivity index (χ0n) is 12.9. The van der Waals surface area contributed by atoms with Crippen LogP contribution in [0, 0.1) is 5.82 Å². The van der Waals surface area contributed by atoms with Crippen LogP contribution in [0.1, 0.15) is 13.8 Å². The first kappa shape index (κ1) is 15.2. The van der Waals surface area contributed by atoms with Gasteiger partial charge in [0, 0.05) is 11.8 Å². The molecule has 2 heterocycles. The van der Waals surface area contributed by atoms with Crippen molar-refractivity contribution < 1.29 is 9.50 Å². The van der Waals surface area contributed by atoms with Gasteiger partial charge in [0.05, 0.1) is 23.2 Å². The maximum Gasteiger partial charge on any atom is 0.146 e. The van der Waals surface area contributed by atoms with E-state index in [1.54, 1.807) is 30.7 Å². The Kier molecular flexibility index (Phi) is 3.45. The lowest BCUT2D eigenvalue weighted by atomic mass is 10.1.